The van der Waals surface area contributed by atoms with E-state index in [1.807, 2.05) is 6.92 Å². The lowest BCUT2D eigenvalue weighted by Crippen LogP contribution is -2.51. The predicted octanol–water partition coefficient (Wildman–Crippen LogP) is 3.20. The Morgan fingerprint density at radius 2 is 1.70 bits per heavy atom. The van der Waals surface area contributed by atoms with Crippen molar-refractivity contribution in [2.24, 2.45) is 0 Å². The molecule has 1 heterocycles. The summed E-state index contributed by atoms with van der Waals surface area (Å²) in [5.74, 6) is -2.17. The van der Waals surface area contributed by atoms with Gasteiger partial charge in [-0.15, -0.1) is 0 Å². The lowest BCUT2D eigenvalue weighted by atomic mass is 10.0. The number of hydrogen-bond donors (Lipinski definition) is 4. The highest BCUT2D eigenvalue weighted by Gasteiger charge is 2.40. The van der Waals surface area contributed by atoms with E-state index in [-0.39, 0.29) is 43.2 Å². The van der Waals surface area contributed by atoms with Crippen molar-refractivity contribution in [1.82, 2.24) is 14.9 Å². The number of alkyl carbamates (subject to hydrolysis) is 1. The Bertz CT molecular complexity index is 1400. The number of hydrogen-bond acceptors (Lipinski definition) is 7. The number of nitrogens with zero attached hydrogens (tertiary/aromatic N) is 1. The predicted molar refractivity (Wildman–Crippen MR) is 160 cm³/mol. The molecule has 1 fully saturated rings. The lowest BCUT2D eigenvalue weighted by molar-refractivity contribution is -0.142. The van der Waals surface area contributed by atoms with Gasteiger partial charge >= 0.3 is 12.1 Å². The summed E-state index contributed by atoms with van der Waals surface area (Å²) < 4.78 is 32.7. The normalized spacial score (nSPS) is 16.2. The first kappa shape index (κ1) is 33.5. The van der Waals surface area contributed by atoms with Crippen LogP contribution in [0.1, 0.15) is 57.6 Å². The van der Waals surface area contributed by atoms with E-state index in [2.05, 4.69) is 16.0 Å². The van der Waals surface area contributed by atoms with Crippen LogP contribution in [0, 0.1) is 6.92 Å². The third-order valence-electron chi connectivity index (χ3n) is 6.67. The third kappa shape index (κ3) is 10.1. The molecule has 43 heavy (non-hydrogen) atoms. The van der Waals surface area contributed by atoms with Crippen LogP contribution >= 0.6 is 0 Å². The van der Waals surface area contributed by atoms with Gasteiger partial charge in [0.15, 0.2) is 0 Å². The van der Waals surface area contributed by atoms with E-state index >= 15 is 0 Å². The minimum atomic E-state index is -3.93. The van der Waals surface area contributed by atoms with Crippen molar-refractivity contribution in [2.75, 3.05) is 18.4 Å². The van der Waals surface area contributed by atoms with E-state index in [0.717, 1.165) is 9.87 Å². The summed E-state index contributed by atoms with van der Waals surface area (Å²) in [6, 6.07) is 10.6. The second kappa shape index (κ2) is 14.5. The Balaban J connectivity index is 1.52. The number of carbonyl (C=O) groups excluding carboxylic acids is 3. The van der Waals surface area contributed by atoms with E-state index in [0.29, 0.717) is 24.1 Å². The number of carboxylic acids is 1. The minimum Gasteiger partial charge on any atom is -0.480 e. The molecule has 2 aromatic rings. The zero-order valence-electron chi connectivity index (χ0n) is 24.9. The van der Waals surface area contributed by atoms with E-state index in [1.54, 1.807) is 57.2 Å². The molecule has 2 aromatic carbocycles. The van der Waals surface area contributed by atoms with E-state index in [1.165, 1.54) is 12.1 Å². The highest BCUT2D eigenvalue weighted by Crippen LogP contribution is 2.26. The van der Waals surface area contributed by atoms with Crippen molar-refractivity contribution in [3.05, 3.63) is 59.7 Å². The van der Waals surface area contributed by atoms with Gasteiger partial charge in [-0.05, 0) is 76.8 Å². The van der Waals surface area contributed by atoms with Gasteiger partial charge in [-0.3, -0.25) is 9.59 Å². The molecule has 234 valence electrons. The number of ether oxygens (including phenoxy) is 1. The molecule has 4 N–H and O–H groups in total. The maximum absolute atomic E-state index is 13.2. The van der Waals surface area contributed by atoms with Crippen LogP contribution in [0.2, 0.25) is 0 Å². The first-order valence-electron chi connectivity index (χ1n) is 14.1. The van der Waals surface area contributed by atoms with Crippen molar-refractivity contribution in [2.45, 2.75) is 82.4 Å². The molecule has 12 nitrogen and oxygen atoms in total. The number of carbonyl (C=O) groups is 4. The molecular weight excluding hydrogens is 576 g/mol. The Hall–Kier alpha value is -3.97. The van der Waals surface area contributed by atoms with Crippen molar-refractivity contribution in [1.29, 1.82) is 0 Å². The topological polar surface area (TPSA) is 171 Å². The third-order valence-corrected chi connectivity index (χ3v) is 8.60. The summed E-state index contributed by atoms with van der Waals surface area (Å²) in [5.41, 5.74) is 1.40. The Labute approximate surface area is 252 Å². The number of carboxylic acid groups (broad SMARTS) is 1. The highest BCUT2D eigenvalue weighted by atomic mass is 32.2. The SMILES string of the molecule is Cc1ccc(S(=O)(=O)N2CCC[C@H]2C(=O)N[C@@H](Cc2ccc(NC(=O)CCCNC(=O)OC(C)(C)C)cc2)C(=O)O)cc1. The average Bonchev–Trinajstić information content (AvgIpc) is 3.42. The Morgan fingerprint density at radius 3 is 2.30 bits per heavy atom. The molecule has 1 saturated heterocycles. The second-order valence-corrected chi connectivity index (χ2v) is 13.4. The zero-order valence-corrected chi connectivity index (χ0v) is 25.7. The van der Waals surface area contributed by atoms with Crippen LogP contribution in [0.25, 0.3) is 0 Å². The van der Waals surface area contributed by atoms with Gasteiger partial charge < -0.3 is 25.8 Å². The molecule has 2 atom stereocenters. The van der Waals surface area contributed by atoms with Crippen LogP contribution in [0.3, 0.4) is 0 Å². The lowest BCUT2D eigenvalue weighted by Gasteiger charge is -2.25. The minimum absolute atomic E-state index is 0.0386. The number of benzene rings is 2. The fourth-order valence-corrected chi connectivity index (χ4v) is 6.20. The molecule has 0 aliphatic carbocycles. The van der Waals surface area contributed by atoms with Crippen LogP contribution in [0.4, 0.5) is 10.5 Å². The fourth-order valence-electron chi connectivity index (χ4n) is 4.54. The van der Waals surface area contributed by atoms with Gasteiger partial charge in [0.1, 0.15) is 17.7 Å². The summed E-state index contributed by atoms with van der Waals surface area (Å²) in [6.45, 7) is 7.56. The summed E-state index contributed by atoms with van der Waals surface area (Å²) in [7, 11) is -3.93. The quantitative estimate of drug-likeness (QED) is 0.263. The second-order valence-electron chi connectivity index (χ2n) is 11.5. The van der Waals surface area contributed by atoms with Crippen LogP contribution in [-0.2, 0) is 35.6 Å². The number of aliphatic carboxylic acids is 1. The van der Waals surface area contributed by atoms with Crippen molar-refractivity contribution < 1.29 is 37.4 Å². The summed E-state index contributed by atoms with van der Waals surface area (Å²) in [5, 5.41) is 17.6. The average molecular weight is 617 g/mol. The molecule has 0 unspecified atom stereocenters. The Kier molecular flexibility index (Phi) is 11.3. The van der Waals surface area contributed by atoms with E-state index < -0.39 is 45.7 Å². The molecule has 3 amide bonds. The molecular formula is C30H40N4O8S. The van der Waals surface area contributed by atoms with Gasteiger partial charge in [-0.25, -0.2) is 18.0 Å². The summed E-state index contributed by atoms with van der Waals surface area (Å²) >= 11 is 0. The summed E-state index contributed by atoms with van der Waals surface area (Å²) in [6.07, 6.45) is 0.759. The maximum atomic E-state index is 13.2. The molecule has 0 bridgehead atoms. The highest BCUT2D eigenvalue weighted by molar-refractivity contribution is 7.89. The van der Waals surface area contributed by atoms with Crippen LogP contribution in [0.15, 0.2) is 53.4 Å². The number of rotatable bonds is 12. The number of aryl methyl sites for hydroxylation is 1. The smallest absolute Gasteiger partial charge is 0.407 e. The monoisotopic (exact) mass is 616 g/mol. The number of sulfonamides is 1. The van der Waals surface area contributed by atoms with Gasteiger partial charge in [0.2, 0.25) is 21.8 Å². The van der Waals surface area contributed by atoms with Gasteiger partial charge in [0.05, 0.1) is 4.90 Å². The van der Waals surface area contributed by atoms with Gasteiger partial charge in [-0.1, -0.05) is 29.8 Å². The standard InChI is InChI=1S/C30H40N4O8S/c1-20-9-15-23(16-10-20)43(40,41)34-18-6-7-25(34)27(36)33-24(28(37)38)19-21-11-13-22(14-12-21)32-26(35)8-5-17-31-29(39)42-30(2,3)4/h9-16,24-25H,5-8,17-19H2,1-4H3,(H,31,39)(H,32,35)(H,33,36)(H,37,38)/t24-,25-/m0/s1. The van der Waals surface area contributed by atoms with Gasteiger partial charge in [0, 0.05) is 31.6 Å². The molecule has 1 aliphatic rings. The Morgan fingerprint density at radius 1 is 1.05 bits per heavy atom. The first-order chi connectivity index (χ1) is 20.2. The van der Waals surface area contributed by atoms with Gasteiger partial charge in [-0.2, -0.15) is 4.31 Å². The molecule has 13 heteroatoms. The van der Waals surface area contributed by atoms with Crippen molar-refractivity contribution in [3.8, 4) is 0 Å². The molecule has 0 aromatic heterocycles. The largest absolute Gasteiger partial charge is 0.480 e. The van der Waals surface area contributed by atoms with Crippen LogP contribution in [0.5, 0.6) is 0 Å². The first-order valence-corrected chi connectivity index (χ1v) is 15.6. The molecule has 0 radical (unpaired) electrons. The number of amides is 3. The van der Waals surface area contributed by atoms with E-state index in [9.17, 15) is 32.7 Å². The van der Waals surface area contributed by atoms with Crippen molar-refractivity contribution >= 4 is 39.6 Å². The maximum Gasteiger partial charge on any atom is 0.407 e. The van der Waals surface area contributed by atoms with Crippen LogP contribution < -0.4 is 16.0 Å². The molecule has 3 rings (SSSR count). The fraction of sp³-hybridized carbons (Fsp3) is 0.467. The van der Waals surface area contributed by atoms with E-state index in [4.69, 9.17) is 4.74 Å². The zero-order chi connectivity index (χ0) is 31.8. The van der Waals surface area contributed by atoms with Crippen LogP contribution in [-0.4, -0.2) is 72.5 Å². The molecule has 0 spiro atoms. The number of anilines is 1. The number of nitrogens with one attached hydrogen (secondary N) is 3. The summed E-state index contributed by atoms with van der Waals surface area (Å²) in [4.78, 5) is 49.1. The molecule has 1 aliphatic heterocycles. The van der Waals surface area contributed by atoms with Gasteiger partial charge in [0.25, 0.3) is 0 Å². The molecule has 0 saturated carbocycles. The van der Waals surface area contributed by atoms with Crippen molar-refractivity contribution in [3.63, 3.8) is 0 Å².